The number of hydrogen-bond acceptors (Lipinski definition) is 4. The number of aryl methyl sites for hydroxylation is 1. The Labute approximate surface area is 160 Å². The zero-order valence-electron chi connectivity index (χ0n) is 15.5. The van der Waals surface area contributed by atoms with Crippen molar-refractivity contribution in [3.63, 3.8) is 0 Å². The lowest BCUT2D eigenvalue weighted by molar-refractivity contribution is -0.137. The number of carbonyl (C=O) groups is 2. The molecule has 0 radical (unpaired) electrons. The molecule has 0 saturated carbocycles. The summed E-state index contributed by atoms with van der Waals surface area (Å²) in [6.45, 7) is 2.64. The van der Waals surface area contributed by atoms with Crippen LogP contribution in [0.15, 0.2) is 36.4 Å². The van der Waals surface area contributed by atoms with E-state index in [0.717, 1.165) is 17.7 Å². The number of alkyl halides is 3. The highest BCUT2D eigenvalue weighted by Gasteiger charge is 2.34. The maximum Gasteiger partial charge on any atom is 0.418 e. The van der Waals surface area contributed by atoms with Gasteiger partial charge in [-0.3, -0.25) is 9.59 Å². The third-order valence-electron chi connectivity index (χ3n) is 3.71. The van der Waals surface area contributed by atoms with Crippen molar-refractivity contribution in [3.05, 3.63) is 47.5 Å². The monoisotopic (exact) mass is 395 g/mol. The van der Waals surface area contributed by atoms with Gasteiger partial charge in [0.1, 0.15) is 5.75 Å². The van der Waals surface area contributed by atoms with Crippen LogP contribution in [0.25, 0.3) is 0 Å². The second-order valence-electron chi connectivity index (χ2n) is 6.04. The minimum atomic E-state index is -4.66. The lowest BCUT2D eigenvalue weighted by Crippen LogP contribution is -2.23. The number of hydrogen-bond donors (Lipinski definition) is 3. The van der Waals surface area contributed by atoms with E-state index >= 15 is 0 Å². The molecule has 2 amide bonds. The van der Waals surface area contributed by atoms with E-state index in [9.17, 15) is 22.8 Å². The first-order valence-corrected chi connectivity index (χ1v) is 8.27. The van der Waals surface area contributed by atoms with E-state index in [-0.39, 0.29) is 17.9 Å². The fourth-order valence-corrected chi connectivity index (χ4v) is 2.50. The average Bonchev–Trinajstić information content (AvgIpc) is 2.59. The van der Waals surface area contributed by atoms with Crippen LogP contribution in [0.5, 0.6) is 5.75 Å². The van der Waals surface area contributed by atoms with Crippen LogP contribution in [0, 0.1) is 6.92 Å². The first-order valence-electron chi connectivity index (χ1n) is 8.27. The Balaban J connectivity index is 2.14. The molecule has 0 aromatic heterocycles. The molecule has 0 aliphatic heterocycles. The molecule has 0 spiro atoms. The van der Waals surface area contributed by atoms with Crippen molar-refractivity contribution in [3.8, 4) is 5.75 Å². The highest BCUT2D eigenvalue weighted by molar-refractivity contribution is 5.95. The number of nitrogens with one attached hydrogen (secondary N) is 3. The highest BCUT2D eigenvalue weighted by Crippen LogP contribution is 2.36. The van der Waals surface area contributed by atoms with Crippen LogP contribution in [0.4, 0.5) is 30.2 Å². The summed E-state index contributed by atoms with van der Waals surface area (Å²) in [6.07, 6.45) is -4.66. The largest absolute Gasteiger partial charge is 0.495 e. The summed E-state index contributed by atoms with van der Waals surface area (Å²) in [4.78, 5) is 23.2. The summed E-state index contributed by atoms with van der Waals surface area (Å²) < 4.78 is 45.1. The third-order valence-corrected chi connectivity index (χ3v) is 3.71. The molecule has 0 fully saturated rings. The minimum Gasteiger partial charge on any atom is -0.495 e. The molecule has 6 nitrogen and oxygen atoms in total. The average molecular weight is 395 g/mol. The van der Waals surface area contributed by atoms with Crippen molar-refractivity contribution in [1.29, 1.82) is 0 Å². The second kappa shape index (κ2) is 8.64. The molecule has 3 N–H and O–H groups in total. The summed E-state index contributed by atoms with van der Waals surface area (Å²) in [5.74, 6) is -0.585. The van der Waals surface area contributed by atoms with Crippen LogP contribution >= 0.6 is 0 Å². The Bertz CT molecular complexity index is 882. The summed E-state index contributed by atoms with van der Waals surface area (Å²) in [5, 5.41) is 7.39. The van der Waals surface area contributed by atoms with E-state index in [0.29, 0.717) is 11.4 Å². The van der Waals surface area contributed by atoms with Gasteiger partial charge in [0.05, 0.1) is 24.9 Å². The molecule has 0 unspecified atom stereocenters. The molecule has 150 valence electrons. The maximum atomic E-state index is 13.3. The standard InChI is InChI=1S/C19H20F3N3O3/c1-11-4-7-17(28-3)16(8-11)25-18(27)10-23-15-6-5-13(24-12(2)26)9-14(15)19(20,21)22/h4-9,23H,10H2,1-3H3,(H,24,26)(H,25,27). The van der Waals surface area contributed by atoms with Crippen LogP contribution in [0.1, 0.15) is 18.1 Å². The smallest absolute Gasteiger partial charge is 0.418 e. The molecule has 0 heterocycles. The van der Waals surface area contributed by atoms with Crippen LogP contribution in [0.3, 0.4) is 0 Å². The number of carbonyl (C=O) groups excluding carboxylic acids is 2. The number of ether oxygens (including phenoxy) is 1. The Kier molecular flexibility index (Phi) is 6.50. The zero-order valence-corrected chi connectivity index (χ0v) is 15.5. The second-order valence-corrected chi connectivity index (χ2v) is 6.04. The maximum absolute atomic E-state index is 13.3. The predicted molar refractivity (Wildman–Crippen MR) is 101 cm³/mol. The number of methoxy groups -OCH3 is 1. The van der Waals surface area contributed by atoms with Crippen molar-refractivity contribution >= 4 is 28.9 Å². The lowest BCUT2D eigenvalue weighted by atomic mass is 10.1. The summed E-state index contributed by atoms with van der Waals surface area (Å²) in [6, 6.07) is 8.47. The topological polar surface area (TPSA) is 79.5 Å². The van der Waals surface area contributed by atoms with Gasteiger partial charge in [0.15, 0.2) is 0 Å². The summed E-state index contributed by atoms with van der Waals surface area (Å²) in [5.41, 5.74) is 0.0651. The van der Waals surface area contributed by atoms with Gasteiger partial charge in [-0.15, -0.1) is 0 Å². The molecular formula is C19H20F3N3O3. The van der Waals surface area contributed by atoms with Crippen molar-refractivity contribution in [2.75, 3.05) is 29.6 Å². The Morgan fingerprint density at radius 3 is 2.36 bits per heavy atom. The van der Waals surface area contributed by atoms with Gasteiger partial charge in [0.25, 0.3) is 0 Å². The van der Waals surface area contributed by atoms with E-state index in [4.69, 9.17) is 4.74 Å². The van der Waals surface area contributed by atoms with E-state index in [2.05, 4.69) is 16.0 Å². The van der Waals surface area contributed by atoms with Gasteiger partial charge in [-0.2, -0.15) is 13.2 Å². The first kappa shape index (κ1) is 21.1. The molecule has 0 bridgehead atoms. The Hall–Kier alpha value is -3.23. The quantitative estimate of drug-likeness (QED) is 0.690. The van der Waals surface area contributed by atoms with Gasteiger partial charge in [0, 0.05) is 18.3 Å². The van der Waals surface area contributed by atoms with Crippen molar-refractivity contribution in [2.24, 2.45) is 0 Å². The molecule has 2 rings (SSSR count). The molecule has 0 atom stereocenters. The van der Waals surface area contributed by atoms with E-state index in [1.54, 1.807) is 18.2 Å². The first-order chi connectivity index (χ1) is 13.1. The van der Waals surface area contributed by atoms with Gasteiger partial charge in [-0.05, 0) is 42.8 Å². The molecule has 0 aliphatic rings. The zero-order chi connectivity index (χ0) is 20.9. The molecule has 0 aliphatic carbocycles. The lowest BCUT2D eigenvalue weighted by Gasteiger charge is -2.16. The van der Waals surface area contributed by atoms with Crippen LogP contribution in [-0.2, 0) is 15.8 Å². The number of amides is 2. The van der Waals surface area contributed by atoms with Crippen molar-refractivity contribution < 1.29 is 27.5 Å². The van der Waals surface area contributed by atoms with Crippen molar-refractivity contribution in [2.45, 2.75) is 20.0 Å². The minimum absolute atomic E-state index is 0.0133. The normalized spacial score (nSPS) is 10.9. The molecule has 9 heteroatoms. The number of halogens is 3. The van der Waals surface area contributed by atoms with E-state index < -0.39 is 23.6 Å². The fraction of sp³-hybridized carbons (Fsp3) is 0.263. The summed E-state index contributed by atoms with van der Waals surface area (Å²) in [7, 11) is 1.45. The fourth-order valence-electron chi connectivity index (χ4n) is 2.50. The number of benzene rings is 2. The van der Waals surface area contributed by atoms with Gasteiger partial charge in [0.2, 0.25) is 11.8 Å². The van der Waals surface area contributed by atoms with E-state index in [1.807, 2.05) is 6.92 Å². The molecule has 2 aromatic carbocycles. The van der Waals surface area contributed by atoms with Gasteiger partial charge in [-0.1, -0.05) is 6.07 Å². The number of rotatable bonds is 6. The Morgan fingerprint density at radius 2 is 1.75 bits per heavy atom. The molecule has 0 saturated heterocycles. The van der Waals surface area contributed by atoms with Crippen LogP contribution < -0.4 is 20.7 Å². The highest BCUT2D eigenvalue weighted by atomic mass is 19.4. The van der Waals surface area contributed by atoms with Gasteiger partial charge < -0.3 is 20.7 Å². The molecule has 2 aromatic rings. The number of anilines is 3. The van der Waals surface area contributed by atoms with Gasteiger partial charge >= 0.3 is 6.18 Å². The molecular weight excluding hydrogens is 375 g/mol. The van der Waals surface area contributed by atoms with Gasteiger partial charge in [-0.25, -0.2) is 0 Å². The van der Waals surface area contributed by atoms with Crippen LogP contribution in [-0.4, -0.2) is 25.5 Å². The Morgan fingerprint density at radius 1 is 1.04 bits per heavy atom. The van der Waals surface area contributed by atoms with Crippen LogP contribution in [0.2, 0.25) is 0 Å². The summed E-state index contributed by atoms with van der Waals surface area (Å²) >= 11 is 0. The third kappa shape index (κ3) is 5.63. The van der Waals surface area contributed by atoms with E-state index in [1.165, 1.54) is 20.1 Å². The molecule has 28 heavy (non-hydrogen) atoms. The predicted octanol–water partition coefficient (Wildman–Crippen LogP) is 4.03. The van der Waals surface area contributed by atoms with Crippen molar-refractivity contribution in [1.82, 2.24) is 0 Å². The SMILES string of the molecule is COc1ccc(C)cc1NC(=O)CNc1ccc(NC(C)=O)cc1C(F)(F)F.